The van der Waals surface area contributed by atoms with E-state index in [0.29, 0.717) is 28.3 Å². The molecule has 27 heavy (non-hydrogen) atoms. The van der Waals surface area contributed by atoms with Crippen molar-refractivity contribution in [2.45, 2.75) is 12.8 Å². The van der Waals surface area contributed by atoms with Crippen molar-refractivity contribution in [1.82, 2.24) is 19.9 Å². The van der Waals surface area contributed by atoms with Crippen molar-refractivity contribution >= 4 is 33.3 Å². The zero-order valence-electron chi connectivity index (χ0n) is 14.2. The van der Waals surface area contributed by atoms with Crippen molar-refractivity contribution in [2.75, 3.05) is 5.32 Å². The first-order valence-electron chi connectivity index (χ1n) is 8.33. The van der Waals surface area contributed by atoms with E-state index in [4.69, 9.17) is 0 Å². The molecule has 1 amide bonds. The summed E-state index contributed by atoms with van der Waals surface area (Å²) in [5, 5.41) is 5.72. The molecule has 0 saturated heterocycles. The summed E-state index contributed by atoms with van der Waals surface area (Å²) in [7, 11) is 0. The minimum atomic E-state index is -0.197. The Labute approximate surface area is 158 Å². The fourth-order valence-electron chi connectivity index (χ4n) is 2.64. The Balaban J connectivity index is 1.40. The van der Waals surface area contributed by atoms with Gasteiger partial charge in [-0.15, -0.1) is 11.3 Å². The number of nitrogens with one attached hydrogen (secondary N) is 2. The van der Waals surface area contributed by atoms with Gasteiger partial charge in [0.05, 0.1) is 16.6 Å². The molecule has 4 rings (SSSR count). The van der Waals surface area contributed by atoms with Gasteiger partial charge in [0.1, 0.15) is 5.82 Å². The maximum absolute atomic E-state index is 12.2. The number of carbonyl (C=O) groups is 1. The molecule has 0 bridgehead atoms. The van der Waals surface area contributed by atoms with Crippen LogP contribution < -0.4 is 10.9 Å². The topological polar surface area (TPSA) is 101 Å². The minimum absolute atomic E-state index is 0.183. The van der Waals surface area contributed by atoms with E-state index in [9.17, 15) is 9.59 Å². The molecular formula is C19H15N5O2S. The zero-order valence-corrected chi connectivity index (χ0v) is 15.0. The average Bonchev–Trinajstić information content (AvgIpc) is 3.16. The molecule has 0 aliphatic carbocycles. The van der Waals surface area contributed by atoms with Crippen molar-refractivity contribution in [2.24, 2.45) is 0 Å². The second kappa shape index (κ2) is 7.46. The minimum Gasteiger partial charge on any atom is -0.310 e. The number of amides is 1. The van der Waals surface area contributed by atoms with Gasteiger partial charge in [0.2, 0.25) is 5.91 Å². The molecule has 0 saturated carbocycles. The molecule has 1 aromatic carbocycles. The van der Waals surface area contributed by atoms with Crippen LogP contribution in [0.1, 0.15) is 12.2 Å². The lowest BCUT2D eigenvalue weighted by atomic mass is 10.2. The first-order valence-corrected chi connectivity index (χ1v) is 9.21. The van der Waals surface area contributed by atoms with Gasteiger partial charge in [0.15, 0.2) is 5.13 Å². The van der Waals surface area contributed by atoms with Crippen LogP contribution in [0.15, 0.2) is 59.0 Å². The van der Waals surface area contributed by atoms with Crippen LogP contribution in [0.2, 0.25) is 0 Å². The average molecular weight is 377 g/mol. The van der Waals surface area contributed by atoms with Gasteiger partial charge < -0.3 is 10.3 Å². The molecule has 0 atom stereocenters. The highest BCUT2D eigenvalue weighted by Gasteiger charge is 2.10. The third kappa shape index (κ3) is 3.90. The van der Waals surface area contributed by atoms with Gasteiger partial charge in [-0.2, -0.15) is 0 Å². The Morgan fingerprint density at radius 2 is 2.04 bits per heavy atom. The van der Waals surface area contributed by atoms with Crippen molar-refractivity contribution in [3.63, 3.8) is 0 Å². The standard InChI is InChI=1S/C19H15N5O2S/c25-17(24-19-22-15(11-27-19)12-4-3-9-20-10-12)8-7-16-21-14-6-2-1-5-13(14)18(26)23-16/h1-6,9-11H,7-8H2,(H,21,23,26)(H,22,24,25). The summed E-state index contributed by atoms with van der Waals surface area (Å²) in [6, 6.07) is 10.9. The number of carbonyl (C=O) groups excluding carboxylic acids is 1. The van der Waals surface area contributed by atoms with Gasteiger partial charge in [-0.05, 0) is 24.3 Å². The van der Waals surface area contributed by atoms with Crippen molar-refractivity contribution in [3.8, 4) is 11.3 Å². The molecule has 2 N–H and O–H groups in total. The third-order valence-corrected chi connectivity index (χ3v) is 4.72. The lowest BCUT2D eigenvalue weighted by Gasteiger charge is -2.03. The number of nitrogens with zero attached hydrogens (tertiary/aromatic N) is 3. The highest BCUT2D eigenvalue weighted by Crippen LogP contribution is 2.24. The highest BCUT2D eigenvalue weighted by molar-refractivity contribution is 7.14. The van der Waals surface area contributed by atoms with E-state index >= 15 is 0 Å². The Morgan fingerprint density at radius 3 is 2.89 bits per heavy atom. The van der Waals surface area contributed by atoms with Gasteiger partial charge >= 0.3 is 0 Å². The summed E-state index contributed by atoms with van der Waals surface area (Å²) in [4.78, 5) is 39.9. The molecule has 8 heteroatoms. The highest BCUT2D eigenvalue weighted by atomic mass is 32.1. The monoisotopic (exact) mass is 377 g/mol. The summed E-state index contributed by atoms with van der Waals surface area (Å²) in [6.45, 7) is 0. The number of anilines is 1. The van der Waals surface area contributed by atoms with Gasteiger partial charge in [-0.3, -0.25) is 14.6 Å². The molecule has 0 unspecified atom stereocenters. The van der Waals surface area contributed by atoms with Gasteiger partial charge in [0.25, 0.3) is 5.56 Å². The molecular weight excluding hydrogens is 362 g/mol. The molecule has 4 aromatic rings. The Hall–Kier alpha value is -3.39. The number of hydrogen-bond donors (Lipinski definition) is 2. The third-order valence-electron chi connectivity index (χ3n) is 3.96. The summed E-state index contributed by atoms with van der Waals surface area (Å²) < 4.78 is 0. The first-order chi connectivity index (χ1) is 13.2. The number of aromatic amines is 1. The molecule has 3 heterocycles. The largest absolute Gasteiger partial charge is 0.310 e. The molecule has 0 aliphatic heterocycles. The van der Waals surface area contributed by atoms with E-state index in [1.54, 1.807) is 30.6 Å². The summed E-state index contributed by atoms with van der Waals surface area (Å²) in [5.41, 5.74) is 2.09. The fraction of sp³-hybridized carbons (Fsp3) is 0.105. The number of thiazole rings is 1. The maximum atomic E-state index is 12.2. The van der Waals surface area contributed by atoms with E-state index in [0.717, 1.165) is 11.3 Å². The summed E-state index contributed by atoms with van der Waals surface area (Å²) in [5.74, 6) is 0.307. The molecule has 3 aromatic heterocycles. The van der Waals surface area contributed by atoms with E-state index in [-0.39, 0.29) is 17.9 Å². The number of pyridine rings is 1. The maximum Gasteiger partial charge on any atom is 0.258 e. The van der Waals surface area contributed by atoms with Crippen LogP contribution in [0.25, 0.3) is 22.2 Å². The van der Waals surface area contributed by atoms with Crippen molar-refractivity contribution < 1.29 is 4.79 Å². The number of fused-ring (bicyclic) bond motifs is 1. The van der Waals surface area contributed by atoms with E-state index in [1.165, 1.54) is 11.3 Å². The van der Waals surface area contributed by atoms with Crippen LogP contribution in [-0.4, -0.2) is 25.8 Å². The Morgan fingerprint density at radius 1 is 1.15 bits per heavy atom. The van der Waals surface area contributed by atoms with Crippen LogP contribution in [0.5, 0.6) is 0 Å². The number of rotatable bonds is 5. The smallest absolute Gasteiger partial charge is 0.258 e. The molecule has 0 aliphatic rings. The van der Waals surface area contributed by atoms with Gasteiger partial charge in [-0.25, -0.2) is 9.97 Å². The van der Waals surface area contributed by atoms with Crippen LogP contribution in [0.4, 0.5) is 5.13 Å². The number of H-pyrrole nitrogens is 1. The predicted molar refractivity (Wildman–Crippen MR) is 105 cm³/mol. The normalized spacial score (nSPS) is 10.8. The number of hydrogen-bond acceptors (Lipinski definition) is 6. The molecule has 0 fully saturated rings. The quantitative estimate of drug-likeness (QED) is 0.557. The van der Waals surface area contributed by atoms with Crippen molar-refractivity contribution in [3.05, 3.63) is 70.4 Å². The first kappa shape index (κ1) is 17.0. The number of aromatic nitrogens is 4. The van der Waals surface area contributed by atoms with E-state index in [1.807, 2.05) is 23.6 Å². The fourth-order valence-corrected chi connectivity index (χ4v) is 3.38. The van der Waals surface area contributed by atoms with Crippen LogP contribution >= 0.6 is 11.3 Å². The number of aryl methyl sites for hydroxylation is 1. The van der Waals surface area contributed by atoms with Crippen LogP contribution in [0, 0.1) is 0 Å². The molecule has 134 valence electrons. The number of benzene rings is 1. The lowest BCUT2D eigenvalue weighted by molar-refractivity contribution is -0.116. The second-order valence-corrected chi connectivity index (χ2v) is 6.72. The SMILES string of the molecule is O=C(CCc1nc2ccccc2c(=O)[nH]1)Nc1nc(-c2cccnc2)cs1. The summed E-state index contributed by atoms with van der Waals surface area (Å²) >= 11 is 1.35. The molecule has 0 spiro atoms. The van der Waals surface area contributed by atoms with Crippen LogP contribution in [0.3, 0.4) is 0 Å². The molecule has 7 nitrogen and oxygen atoms in total. The molecule has 0 radical (unpaired) electrons. The Kier molecular flexibility index (Phi) is 4.71. The zero-order chi connectivity index (χ0) is 18.6. The Bertz CT molecular complexity index is 1150. The van der Waals surface area contributed by atoms with Gasteiger partial charge in [0, 0.05) is 36.2 Å². The second-order valence-electron chi connectivity index (χ2n) is 5.86. The van der Waals surface area contributed by atoms with Crippen molar-refractivity contribution in [1.29, 1.82) is 0 Å². The number of para-hydroxylation sites is 1. The lowest BCUT2D eigenvalue weighted by Crippen LogP contribution is -2.16. The van der Waals surface area contributed by atoms with Gasteiger partial charge in [-0.1, -0.05) is 12.1 Å². The summed E-state index contributed by atoms with van der Waals surface area (Å²) in [6.07, 6.45) is 3.96. The van der Waals surface area contributed by atoms with Crippen LogP contribution in [-0.2, 0) is 11.2 Å². The van der Waals surface area contributed by atoms with E-state index in [2.05, 4.69) is 25.3 Å². The van der Waals surface area contributed by atoms with E-state index < -0.39 is 0 Å². The predicted octanol–water partition coefficient (Wildman–Crippen LogP) is 3.01.